The van der Waals surface area contributed by atoms with Gasteiger partial charge >= 0.3 is 0 Å². The Morgan fingerprint density at radius 1 is 1.43 bits per heavy atom. The number of pyridine rings is 1. The maximum absolute atomic E-state index is 14.3. The Kier molecular flexibility index (Phi) is 3.32. The first-order valence-electron chi connectivity index (χ1n) is 14.0. The number of nitrogens with one attached hydrogen (secondary N) is 1. The largest absolute Gasteiger partial charge is 0.482 e. The van der Waals surface area contributed by atoms with E-state index in [1.807, 2.05) is 0 Å². The first kappa shape index (κ1) is 11.3. The average molecular weight is 461 g/mol. The summed E-state index contributed by atoms with van der Waals surface area (Å²) in [4.78, 5) is 3.94. The molecular formula is C21H22Cl2FN5O. The van der Waals surface area contributed by atoms with E-state index in [0.29, 0.717) is 4.68 Å². The normalized spacial score (nSPS) is 32.0. The lowest BCUT2D eigenvalue weighted by Crippen LogP contribution is -2.29. The van der Waals surface area contributed by atoms with Crippen LogP contribution < -0.4 is 15.8 Å². The first-order valence-corrected chi connectivity index (χ1v) is 9.25. The Labute approximate surface area is 199 Å². The third-order valence-electron chi connectivity index (χ3n) is 4.12. The lowest BCUT2D eigenvalue weighted by Gasteiger charge is -2.22. The van der Waals surface area contributed by atoms with Crippen LogP contribution in [0.1, 0.15) is 52.3 Å². The highest BCUT2D eigenvalue weighted by Gasteiger charge is 2.21. The minimum atomic E-state index is -3.29. The summed E-state index contributed by atoms with van der Waals surface area (Å²) in [5.74, 6) is -1.88. The molecule has 4 rings (SSSR count). The summed E-state index contributed by atoms with van der Waals surface area (Å²) in [5.41, 5.74) is 5.43. The summed E-state index contributed by atoms with van der Waals surface area (Å²) < 4.78 is 111. The van der Waals surface area contributed by atoms with Gasteiger partial charge in [-0.05, 0) is 50.8 Å². The van der Waals surface area contributed by atoms with Gasteiger partial charge in [-0.1, -0.05) is 23.2 Å². The van der Waals surface area contributed by atoms with Crippen molar-refractivity contribution in [3.8, 4) is 16.9 Å². The molecule has 30 heavy (non-hydrogen) atoms. The fraction of sp³-hybridized carbons (Fsp3) is 0.333. The quantitative estimate of drug-likeness (QED) is 0.521. The molecule has 3 N–H and O–H groups in total. The van der Waals surface area contributed by atoms with Crippen molar-refractivity contribution in [2.24, 2.45) is 0 Å². The van der Waals surface area contributed by atoms with Crippen LogP contribution in [0.3, 0.4) is 0 Å². The maximum atomic E-state index is 14.3. The minimum absolute atomic E-state index is 0.103. The van der Waals surface area contributed by atoms with Gasteiger partial charge < -0.3 is 15.8 Å². The molecule has 0 spiro atoms. The topological polar surface area (TPSA) is 78.0 Å². The van der Waals surface area contributed by atoms with E-state index in [1.165, 1.54) is 6.20 Å². The van der Waals surface area contributed by atoms with Crippen LogP contribution in [0.25, 0.3) is 11.1 Å². The summed E-state index contributed by atoms with van der Waals surface area (Å²) in [7, 11) is 0. The molecule has 0 saturated carbocycles. The van der Waals surface area contributed by atoms with Crippen LogP contribution in [-0.2, 0) is 0 Å². The van der Waals surface area contributed by atoms with Gasteiger partial charge in [0.25, 0.3) is 0 Å². The zero-order valence-corrected chi connectivity index (χ0v) is 16.6. The fourth-order valence-electron chi connectivity index (χ4n) is 2.64. The molecule has 1 fully saturated rings. The Bertz CT molecular complexity index is 1500. The van der Waals surface area contributed by atoms with E-state index in [4.69, 9.17) is 48.8 Å². The lowest BCUT2D eigenvalue weighted by atomic mass is 10.1. The molecule has 6 nitrogen and oxygen atoms in total. The first-order chi connectivity index (χ1) is 18.6. The number of hydrogen-bond donors (Lipinski definition) is 2. The Morgan fingerprint density at radius 2 is 2.30 bits per heavy atom. The van der Waals surface area contributed by atoms with E-state index in [0.717, 1.165) is 30.6 Å². The molecule has 1 aromatic carbocycles. The van der Waals surface area contributed by atoms with Gasteiger partial charge in [-0.2, -0.15) is 5.10 Å². The zero-order valence-electron chi connectivity index (χ0n) is 26.1. The van der Waals surface area contributed by atoms with E-state index in [9.17, 15) is 4.39 Å². The lowest BCUT2D eigenvalue weighted by molar-refractivity contribution is 0.227. The number of piperidine rings is 1. The molecule has 9 heteroatoms. The highest BCUT2D eigenvalue weighted by molar-refractivity contribution is 6.36. The van der Waals surface area contributed by atoms with Gasteiger partial charge in [0.1, 0.15) is 11.9 Å². The van der Waals surface area contributed by atoms with Crippen molar-refractivity contribution in [3.05, 3.63) is 58.2 Å². The summed E-state index contributed by atoms with van der Waals surface area (Å²) in [6.07, 6.45) is -5.43. The number of rotatable bonds is 5. The number of benzene rings is 1. The van der Waals surface area contributed by atoms with Crippen LogP contribution in [0.4, 0.5) is 10.2 Å². The molecule has 2 aromatic heterocycles. The van der Waals surface area contributed by atoms with Crippen LogP contribution >= 0.6 is 23.2 Å². The predicted molar refractivity (Wildman–Crippen MR) is 116 cm³/mol. The number of anilines is 1. The molecule has 1 aliphatic rings. The highest BCUT2D eigenvalue weighted by atomic mass is 35.5. The maximum Gasteiger partial charge on any atom is 0.166 e. The fourth-order valence-corrected chi connectivity index (χ4v) is 3.19. The number of nitrogen functional groups attached to an aromatic ring is 1. The van der Waals surface area contributed by atoms with Crippen LogP contribution in [-0.4, -0.2) is 27.8 Å². The molecule has 1 saturated heterocycles. The van der Waals surface area contributed by atoms with Crippen LogP contribution in [0, 0.1) is 5.82 Å². The molecule has 2 atom stereocenters. The predicted octanol–water partition coefficient (Wildman–Crippen LogP) is 5.04. The summed E-state index contributed by atoms with van der Waals surface area (Å²) >= 11 is 12.1. The molecule has 0 radical (unpaired) electrons. The SMILES string of the molecule is [2H]C1([2H])CNC([2H])([2H])C([2H])([2H])C1([2H])n1cc(-c2cnc(N)c(O[C@@]([2H])(c3c(Cl)ccc(F)c3Cl)C([2H])([2H])[2H])c2)cn1. The molecule has 0 amide bonds. The van der Waals surface area contributed by atoms with Gasteiger partial charge in [0, 0.05) is 46.4 Å². The van der Waals surface area contributed by atoms with Crippen molar-refractivity contribution in [2.75, 3.05) is 18.8 Å². The van der Waals surface area contributed by atoms with E-state index >= 15 is 0 Å². The Balaban J connectivity index is 1.81. The van der Waals surface area contributed by atoms with E-state index < -0.39 is 66.9 Å². The van der Waals surface area contributed by atoms with Gasteiger partial charge in [0.15, 0.2) is 11.6 Å². The van der Waals surface area contributed by atoms with Crippen LogP contribution in [0.5, 0.6) is 5.75 Å². The third-order valence-corrected chi connectivity index (χ3v) is 4.81. The molecular weight excluding hydrogens is 428 g/mol. The number of nitrogens with two attached hydrogens (primary N) is 1. The van der Waals surface area contributed by atoms with Crippen molar-refractivity contribution in [3.63, 3.8) is 0 Å². The van der Waals surface area contributed by atoms with Crippen LogP contribution in [0.2, 0.25) is 10.0 Å². The monoisotopic (exact) mass is 460 g/mol. The van der Waals surface area contributed by atoms with E-state index in [1.54, 1.807) is 0 Å². The summed E-state index contributed by atoms with van der Waals surface area (Å²) in [6, 6.07) is 0.178. The molecule has 0 bridgehead atoms. The average Bonchev–Trinajstić information content (AvgIpc) is 3.35. The van der Waals surface area contributed by atoms with Gasteiger partial charge in [-0.3, -0.25) is 4.68 Å². The second-order valence-corrected chi connectivity index (χ2v) is 6.84. The number of nitrogens with zero attached hydrogens (tertiary/aromatic N) is 3. The third kappa shape index (κ3) is 4.24. The smallest absolute Gasteiger partial charge is 0.166 e. The van der Waals surface area contributed by atoms with Crippen molar-refractivity contribution >= 4 is 29.0 Å². The second-order valence-electron chi connectivity index (χ2n) is 6.06. The van der Waals surface area contributed by atoms with Crippen molar-refractivity contribution in [1.29, 1.82) is 0 Å². The van der Waals surface area contributed by atoms with Crippen molar-refractivity contribution in [1.82, 2.24) is 20.1 Å². The second kappa shape index (κ2) is 8.79. The van der Waals surface area contributed by atoms with E-state index in [-0.39, 0.29) is 22.0 Å². The molecule has 158 valence electrons. The Hall–Kier alpha value is -2.35. The Morgan fingerprint density at radius 3 is 3.13 bits per heavy atom. The number of hydrogen-bond acceptors (Lipinski definition) is 5. The van der Waals surface area contributed by atoms with Gasteiger partial charge in [0.05, 0.1) is 20.0 Å². The molecule has 3 aromatic rings. The summed E-state index contributed by atoms with van der Waals surface area (Å²) in [5, 5.41) is 4.98. The number of halogens is 3. The zero-order chi connectivity index (χ0) is 31.0. The van der Waals surface area contributed by atoms with Crippen LogP contribution in [0.15, 0.2) is 36.8 Å². The van der Waals surface area contributed by atoms with Gasteiger partial charge in [-0.15, -0.1) is 0 Å². The minimum Gasteiger partial charge on any atom is -0.482 e. The van der Waals surface area contributed by atoms with Crippen molar-refractivity contribution in [2.45, 2.75) is 31.7 Å². The standard InChI is InChI=1S/C21H22Cl2FN5O/c1-12(19-16(22)2-3-17(24)20(19)23)30-18-8-13(9-27-21(18)25)14-10-28-29(11-14)15-4-6-26-7-5-15/h2-3,8-12,15,26H,4-7H2,1H3,(H2,25,27)/t12-/m1/s1/i1D3,4D2,5D2,6D2,12D,15D/t12-,15?. The number of aromatic nitrogens is 3. The van der Waals surface area contributed by atoms with Gasteiger partial charge in [0.2, 0.25) is 0 Å². The molecule has 1 unspecified atom stereocenters. The molecule has 0 aliphatic carbocycles. The molecule has 1 aliphatic heterocycles. The molecule has 3 heterocycles. The van der Waals surface area contributed by atoms with Gasteiger partial charge in [-0.25, -0.2) is 9.37 Å². The highest BCUT2D eigenvalue weighted by Crippen LogP contribution is 2.37. The van der Waals surface area contributed by atoms with Crippen molar-refractivity contribution < 1.29 is 24.2 Å². The van der Waals surface area contributed by atoms with E-state index in [2.05, 4.69) is 15.4 Å². The number of ether oxygens (including phenoxy) is 1. The summed E-state index contributed by atoms with van der Waals surface area (Å²) in [6.45, 7) is -6.77.